The fourth-order valence-electron chi connectivity index (χ4n) is 2.75. The SMILES string of the molecule is CCCOc1ccc(CN=C(NCC)NCCc2cccc(C(=O)N(C)C)c2)cn1.I. The Morgan fingerprint density at radius 1 is 1.13 bits per heavy atom. The second kappa shape index (κ2) is 14.6. The first kappa shape index (κ1) is 26.7. The molecule has 0 bridgehead atoms. The van der Waals surface area contributed by atoms with Crippen molar-refractivity contribution in [2.24, 2.45) is 4.99 Å². The fraction of sp³-hybridized carbons (Fsp3) is 0.435. The third-order valence-corrected chi connectivity index (χ3v) is 4.30. The van der Waals surface area contributed by atoms with Gasteiger partial charge in [0.25, 0.3) is 5.91 Å². The maximum absolute atomic E-state index is 12.1. The van der Waals surface area contributed by atoms with Crippen LogP contribution in [-0.2, 0) is 13.0 Å². The van der Waals surface area contributed by atoms with Crippen molar-refractivity contribution >= 4 is 35.8 Å². The fourth-order valence-corrected chi connectivity index (χ4v) is 2.75. The molecule has 2 rings (SSSR count). The van der Waals surface area contributed by atoms with Crippen molar-refractivity contribution < 1.29 is 9.53 Å². The minimum atomic E-state index is 0. The number of ether oxygens (including phenoxy) is 1. The summed E-state index contributed by atoms with van der Waals surface area (Å²) in [6.07, 6.45) is 3.55. The number of benzene rings is 1. The predicted octanol–water partition coefficient (Wildman–Crippen LogP) is 3.49. The number of guanidine groups is 1. The van der Waals surface area contributed by atoms with Crippen LogP contribution in [0.2, 0.25) is 0 Å². The van der Waals surface area contributed by atoms with Crippen molar-refractivity contribution in [3.8, 4) is 5.88 Å². The average Bonchev–Trinajstić information content (AvgIpc) is 2.76. The molecule has 1 aromatic heterocycles. The van der Waals surface area contributed by atoms with Gasteiger partial charge in [0.2, 0.25) is 5.88 Å². The molecule has 2 aromatic rings. The van der Waals surface area contributed by atoms with E-state index >= 15 is 0 Å². The second-order valence-electron chi connectivity index (χ2n) is 7.13. The van der Waals surface area contributed by atoms with E-state index in [2.05, 4.69) is 27.5 Å². The van der Waals surface area contributed by atoms with Crippen molar-refractivity contribution in [1.29, 1.82) is 0 Å². The van der Waals surface area contributed by atoms with E-state index in [0.29, 0.717) is 31.1 Å². The van der Waals surface area contributed by atoms with Crippen molar-refractivity contribution in [3.05, 3.63) is 59.3 Å². The first-order chi connectivity index (χ1) is 14.5. The molecule has 0 aliphatic carbocycles. The number of amides is 1. The summed E-state index contributed by atoms with van der Waals surface area (Å²) < 4.78 is 5.51. The van der Waals surface area contributed by atoms with Gasteiger partial charge in [-0.2, -0.15) is 0 Å². The number of pyridine rings is 1. The summed E-state index contributed by atoms with van der Waals surface area (Å²) in [5, 5.41) is 6.60. The van der Waals surface area contributed by atoms with Crippen molar-refractivity contribution in [2.45, 2.75) is 33.2 Å². The van der Waals surface area contributed by atoms with E-state index < -0.39 is 0 Å². The number of nitrogens with one attached hydrogen (secondary N) is 2. The van der Waals surface area contributed by atoms with Crippen LogP contribution in [0.5, 0.6) is 5.88 Å². The smallest absolute Gasteiger partial charge is 0.253 e. The Balaban J connectivity index is 0.00000480. The lowest BCUT2D eigenvalue weighted by Crippen LogP contribution is -2.38. The van der Waals surface area contributed by atoms with Crippen LogP contribution in [0.15, 0.2) is 47.6 Å². The van der Waals surface area contributed by atoms with Gasteiger partial charge in [0.05, 0.1) is 13.2 Å². The molecule has 1 aromatic carbocycles. The maximum Gasteiger partial charge on any atom is 0.253 e. The Bertz CT molecular complexity index is 825. The van der Waals surface area contributed by atoms with Crippen LogP contribution in [0.3, 0.4) is 0 Å². The van der Waals surface area contributed by atoms with E-state index in [-0.39, 0.29) is 29.9 Å². The van der Waals surface area contributed by atoms with E-state index in [4.69, 9.17) is 4.74 Å². The zero-order valence-corrected chi connectivity index (χ0v) is 21.2. The van der Waals surface area contributed by atoms with E-state index in [1.54, 1.807) is 25.2 Å². The number of aromatic nitrogens is 1. The number of hydrogen-bond donors (Lipinski definition) is 2. The summed E-state index contributed by atoms with van der Waals surface area (Å²) in [6, 6.07) is 11.6. The number of carbonyl (C=O) groups is 1. The number of hydrogen-bond acceptors (Lipinski definition) is 4. The van der Waals surface area contributed by atoms with Gasteiger partial charge in [-0.1, -0.05) is 25.1 Å². The first-order valence-corrected chi connectivity index (χ1v) is 10.4. The van der Waals surface area contributed by atoms with Gasteiger partial charge in [0.15, 0.2) is 5.96 Å². The van der Waals surface area contributed by atoms with Crippen LogP contribution in [0, 0.1) is 0 Å². The van der Waals surface area contributed by atoms with Crippen LogP contribution in [0.4, 0.5) is 0 Å². The van der Waals surface area contributed by atoms with E-state index in [1.807, 2.05) is 43.3 Å². The minimum Gasteiger partial charge on any atom is -0.478 e. The highest BCUT2D eigenvalue weighted by atomic mass is 127. The summed E-state index contributed by atoms with van der Waals surface area (Å²) in [5.74, 6) is 1.41. The quantitative estimate of drug-likeness (QED) is 0.275. The Kier molecular flexibility index (Phi) is 12.6. The molecule has 0 radical (unpaired) electrons. The lowest BCUT2D eigenvalue weighted by atomic mass is 10.1. The molecule has 0 saturated carbocycles. The molecule has 2 N–H and O–H groups in total. The van der Waals surface area contributed by atoms with Gasteiger partial charge in [-0.3, -0.25) is 4.79 Å². The van der Waals surface area contributed by atoms with E-state index in [9.17, 15) is 4.79 Å². The first-order valence-electron chi connectivity index (χ1n) is 10.4. The van der Waals surface area contributed by atoms with Gasteiger partial charge < -0.3 is 20.3 Å². The zero-order valence-electron chi connectivity index (χ0n) is 18.9. The highest BCUT2D eigenvalue weighted by Crippen LogP contribution is 2.09. The number of halogens is 1. The van der Waals surface area contributed by atoms with Gasteiger partial charge in [-0.15, -0.1) is 24.0 Å². The molecule has 0 saturated heterocycles. The number of nitrogens with zero attached hydrogens (tertiary/aromatic N) is 3. The monoisotopic (exact) mass is 539 g/mol. The highest BCUT2D eigenvalue weighted by Gasteiger charge is 2.08. The molecule has 8 heteroatoms. The average molecular weight is 539 g/mol. The standard InChI is InChI=1S/C23H33N5O2.HI/c1-5-14-30-21-11-10-19(16-26-21)17-27-23(24-6-2)25-13-12-18-8-7-9-20(15-18)22(29)28(3)4;/h7-11,15-16H,5-6,12-14,17H2,1-4H3,(H2,24,25,27);1H. The molecule has 1 amide bonds. The third-order valence-electron chi connectivity index (χ3n) is 4.30. The third kappa shape index (κ3) is 9.54. The molecule has 0 aliphatic heterocycles. The van der Waals surface area contributed by atoms with E-state index in [1.165, 1.54) is 0 Å². The van der Waals surface area contributed by atoms with Gasteiger partial charge in [0, 0.05) is 45.0 Å². The topological polar surface area (TPSA) is 78.8 Å². The molecule has 0 fully saturated rings. The molecule has 0 atom stereocenters. The largest absolute Gasteiger partial charge is 0.478 e. The molecule has 31 heavy (non-hydrogen) atoms. The van der Waals surface area contributed by atoms with Crippen molar-refractivity contribution in [1.82, 2.24) is 20.5 Å². The zero-order chi connectivity index (χ0) is 21.8. The van der Waals surface area contributed by atoms with Gasteiger partial charge in [0.1, 0.15) is 0 Å². The molecule has 0 spiro atoms. The van der Waals surface area contributed by atoms with Crippen LogP contribution in [0.1, 0.15) is 41.8 Å². The van der Waals surface area contributed by atoms with Crippen molar-refractivity contribution in [2.75, 3.05) is 33.8 Å². The highest BCUT2D eigenvalue weighted by molar-refractivity contribution is 14.0. The summed E-state index contributed by atoms with van der Waals surface area (Å²) >= 11 is 0. The number of rotatable bonds is 10. The van der Waals surface area contributed by atoms with Crippen LogP contribution < -0.4 is 15.4 Å². The lowest BCUT2D eigenvalue weighted by Gasteiger charge is -2.13. The predicted molar refractivity (Wildman–Crippen MR) is 136 cm³/mol. The van der Waals surface area contributed by atoms with E-state index in [0.717, 1.165) is 36.5 Å². The second-order valence-corrected chi connectivity index (χ2v) is 7.13. The molecule has 7 nitrogen and oxygen atoms in total. The molecule has 0 aliphatic rings. The minimum absolute atomic E-state index is 0. The van der Waals surface area contributed by atoms with Crippen LogP contribution in [-0.4, -0.2) is 55.5 Å². The maximum atomic E-state index is 12.1. The summed E-state index contributed by atoms with van der Waals surface area (Å²) in [4.78, 5) is 22.7. The Morgan fingerprint density at radius 2 is 1.94 bits per heavy atom. The summed E-state index contributed by atoms with van der Waals surface area (Å²) in [5.41, 5.74) is 2.83. The summed E-state index contributed by atoms with van der Waals surface area (Å²) in [6.45, 7) is 6.80. The molecular formula is C23H34IN5O2. The van der Waals surface area contributed by atoms with Crippen LogP contribution >= 0.6 is 24.0 Å². The lowest BCUT2D eigenvalue weighted by molar-refractivity contribution is 0.0827. The molecule has 1 heterocycles. The number of aliphatic imine (C=N–C) groups is 1. The van der Waals surface area contributed by atoms with Crippen molar-refractivity contribution in [3.63, 3.8) is 0 Å². The molecule has 170 valence electrons. The normalized spacial score (nSPS) is 10.8. The van der Waals surface area contributed by atoms with Gasteiger partial charge in [-0.25, -0.2) is 9.98 Å². The Labute approximate surface area is 202 Å². The van der Waals surface area contributed by atoms with Gasteiger partial charge >= 0.3 is 0 Å². The van der Waals surface area contributed by atoms with Crippen LogP contribution in [0.25, 0.3) is 0 Å². The Hall–Kier alpha value is -2.36. The Morgan fingerprint density at radius 3 is 2.58 bits per heavy atom. The summed E-state index contributed by atoms with van der Waals surface area (Å²) in [7, 11) is 3.52. The molecule has 0 unspecified atom stereocenters. The molecular weight excluding hydrogens is 505 g/mol. The number of carbonyl (C=O) groups excluding carboxylic acids is 1. The van der Waals surface area contributed by atoms with Gasteiger partial charge in [-0.05, 0) is 43.0 Å².